The molecule has 1 atom stereocenters. The maximum absolute atomic E-state index is 13.2. The van der Waals surface area contributed by atoms with Crippen molar-refractivity contribution in [3.63, 3.8) is 0 Å². The summed E-state index contributed by atoms with van der Waals surface area (Å²) in [5.74, 6) is 0.235. The van der Waals surface area contributed by atoms with E-state index in [1.807, 2.05) is 32.3 Å². The summed E-state index contributed by atoms with van der Waals surface area (Å²) in [6, 6.07) is 11.4. The molecule has 3 rings (SSSR count). The number of ether oxygens (including phenoxy) is 1. The van der Waals surface area contributed by atoms with E-state index in [9.17, 15) is 14.5 Å². The minimum Gasteiger partial charge on any atom is -0.496 e. The van der Waals surface area contributed by atoms with Crippen LogP contribution >= 0.6 is 0 Å². The molecule has 0 aliphatic carbocycles. The number of halogens is 1. The van der Waals surface area contributed by atoms with Crippen molar-refractivity contribution in [3.8, 4) is 5.75 Å². The summed E-state index contributed by atoms with van der Waals surface area (Å²) >= 11 is 0. The molecule has 0 amide bonds. The van der Waals surface area contributed by atoms with E-state index >= 15 is 0 Å². The average Bonchev–Trinajstić information content (AvgIpc) is 2.68. The summed E-state index contributed by atoms with van der Waals surface area (Å²) < 4.78 is 18.6. The number of methoxy groups -OCH3 is 1. The number of piperazine rings is 1. The van der Waals surface area contributed by atoms with E-state index in [4.69, 9.17) is 4.74 Å². The fourth-order valence-electron chi connectivity index (χ4n) is 3.86. The molecular weight excluding hydrogens is 373 g/mol. The van der Waals surface area contributed by atoms with Gasteiger partial charge in [0, 0.05) is 37.4 Å². The van der Waals surface area contributed by atoms with Crippen LogP contribution in [0.25, 0.3) is 6.08 Å². The Hall–Kier alpha value is -2.93. The van der Waals surface area contributed by atoms with Gasteiger partial charge in [0.05, 0.1) is 17.6 Å². The van der Waals surface area contributed by atoms with Gasteiger partial charge < -0.3 is 9.64 Å². The lowest BCUT2D eigenvalue weighted by Crippen LogP contribution is -2.58. The van der Waals surface area contributed by atoms with Crippen molar-refractivity contribution in [1.29, 1.82) is 0 Å². The van der Waals surface area contributed by atoms with Crippen LogP contribution in [0.15, 0.2) is 48.2 Å². The van der Waals surface area contributed by atoms with Gasteiger partial charge in [-0.15, -0.1) is 0 Å². The van der Waals surface area contributed by atoms with Gasteiger partial charge in [0.2, 0.25) is 0 Å². The summed E-state index contributed by atoms with van der Waals surface area (Å²) in [4.78, 5) is 15.5. The number of benzene rings is 2. The monoisotopic (exact) mass is 399 g/mol. The highest BCUT2D eigenvalue weighted by Crippen LogP contribution is 2.34. The number of rotatable bonds is 5. The second-order valence-corrected chi connectivity index (χ2v) is 7.80. The lowest BCUT2D eigenvalue weighted by atomic mass is 9.88. The van der Waals surface area contributed by atoms with Crippen molar-refractivity contribution in [3.05, 3.63) is 75.2 Å². The van der Waals surface area contributed by atoms with E-state index in [0.717, 1.165) is 24.2 Å². The lowest BCUT2D eigenvalue weighted by molar-refractivity contribution is -0.385. The Morgan fingerprint density at radius 3 is 2.55 bits per heavy atom. The fraction of sp³-hybridized carbons (Fsp3) is 0.364. The van der Waals surface area contributed by atoms with Gasteiger partial charge in [-0.25, -0.2) is 4.39 Å². The second kappa shape index (κ2) is 8.21. The predicted octanol–water partition coefficient (Wildman–Crippen LogP) is 3.96. The molecule has 1 unspecified atom stereocenters. The molecule has 2 aromatic rings. The average molecular weight is 399 g/mol. The van der Waals surface area contributed by atoms with Gasteiger partial charge in [-0.05, 0) is 50.2 Å². The second-order valence-electron chi connectivity index (χ2n) is 7.80. The summed E-state index contributed by atoms with van der Waals surface area (Å²) in [6.45, 7) is 3.54. The molecule has 1 saturated heterocycles. The first-order chi connectivity index (χ1) is 13.7. The largest absolute Gasteiger partial charge is 0.496 e. The first-order valence-corrected chi connectivity index (χ1v) is 9.42. The van der Waals surface area contributed by atoms with Crippen molar-refractivity contribution in [1.82, 2.24) is 9.80 Å². The summed E-state index contributed by atoms with van der Waals surface area (Å²) in [5, 5.41) is 11.5. The molecule has 0 N–H and O–H groups in total. The molecule has 0 saturated carbocycles. The van der Waals surface area contributed by atoms with Gasteiger partial charge in [-0.3, -0.25) is 15.0 Å². The smallest absolute Gasteiger partial charge is 0.280 e. The third-order valence-electron chi connectivity index (χ3n) is 5.66. The molecule has 0 radical (unpaired) electrons. The van der Waals surface area contributed by atoms with E-state index in [2.05, 4.69) is 16.7 Å². The Labute approximate surface area is 170 Å². The Balaban J connectivity index is 1.89. The summed E-state index contributed by atoms with van der Waals surface area (Å²) in [6.07, 6.45) is 2.61. The number of nitrogens with zero attached hydrogens (tertiary/aromatic N) is 3. The zero-order chi connectivity index (χ0) is 21.2. The molecular formula is C22H26FN3O3. The molecule has 0 bridgehead atoms. The molecule has 1 fully saturated rings. The number of hydrogen-bond acceptors (Lipinski definition) is 5. The maximum Gasteiger partial charge on any atom is 0.280 e. The molecule has 154 valence electrons. The Morgan fingerprint density at radius 2 is 1.93 bits per heavy atom. The van der Waals surface area contributed by atoms with E-state index in [1.54, 1.807) is 12.1 Å². The number of likely N-dealkylation sites (N-methyl/N-ethyl adjacent to an activating group) is 2. The van der Waals surface area contributed by atoms with Crippen LogP contribution in [0.2, 0.25) is 0 Å². The molecule has 7 heteroatoms. The third-order valence-corrected chi connectivity index (χ3v) is 5.66. The van der Waals surface area contributed by atoms with Crippen LogP contribution in [0.3, 0.4) is 0 Å². The first kappa shape index (κ1) is 20.8. The van der Waals surface area contributed by atoms with Crippen LogP contribution in [0.1, 0.15) is 18.1 Å². The minimum absolute atomic E-state index is 0.0209. The van der Waals surface area contributed by atoms with E-state index < -0.39 is 0 Å². The van der Waals surface area contributed by atoms with Crippen molar-refractivity contribution in [2.45, 2.75) is 18.9 Å². The van der Waals surface area contributed by atoms with Crippen LogP contribution in [0, 0.1) is 15.9 Å². The van der Waals surface area contributed by atoms with Crippen molar-refractivity contribution >= 4 is 11.8 Å². The van der Waals surface area contributed by atoms with Crippen molar-refractivity contribution in [2.75, 3.05) is 34.3 Å². The summed E-state index contributed by atoms with van der Waals surface area (Å²) in [5.41, 5.74) is 2.37. The van der Waals surface area contributed by atoms with E-state index in [-0.39, 0.29) is 22.0 Å². The zero-order valence-corrected chi connectivity index (χ0v) is 17.2. The van der Waals surface area contributed by atoms with Gasteiger partial charge in [0.25, 0.3) is 5.69 Å². The van der Waals surface area contributed by atoms with Crippen molar-refractivity contribution < 1.29 is 14.1 Å². The number of nitro benzene ring substituents is 1. The van der Waals surface area contributed by atoms with Crippen LogP contribution in [0.4, 0.5) is 10.1 Å². The minimum atomic E-state index is -0.389. The first-order valence-electron chi connectivity index (χ1n) is 9.42. The summed E-state index contributed by atoms with van der Waals surface area (Å²) in [7, 11) is 5.54. The molecule has 1 heterocycles. The predicted molar refractivity (Wildman–Crippen MR) is 111 cm³/mol. The highest BCUT2D eigenvalue weighted by molar-refractivity contribution is 5.69. The number of hydrogen-bond donors (Lipinski definition) is 0. The molecule has 6 nitrogen and oxygen atoms in total. The van der Waals surface area contributed by atoms with Gasteiger partial charge in [-0.2, -0.15) is 0 Å². The maximum atomic E-state index is 13.2. The lowest BCUT2D eigenvalue weighted by Gasteiger charge is -2.48. The molecule has 2 aromatic carbocycles. The zero-order valence-electron chi connectivity index (χ0n) is 17.2. The number of nitro groups is 1. The van der Waals surface area contributed by atoms with Gasteiger partial charge >= 0.3 is 0 Å². The van der Waals surface area contributed by atoms with E-state index in [1.165, 1.54) is 25.3 Å². The SMILES string of the molecule is COc1cccc([N+](=O)[O-])c1C=C1CN(C)C(C)(Cc2ccc(F)cc2)CN1C. The van der Waals surface area contributed by atoms with Crippen LogP contribution in [-0.2, 0) is 6.42 Å². The van der Waals surface area contributed by atoms with Gasteiger partial charge in [-0.1, -0.05) is 18.2 Å². The quantitative estimate of drug-likeness (QED) is 0.563. The Morgan fingerprint density at radius 1 is 1.24 bits per heavy atom. The van der Waals surface area contributed by atoms with Crippen LogP contribution in [0.5, 0.6) is 5.75 Å². The highest BCUT2D eigenvalue weighted by Gasteiger charge is 2.36. The van der Waals surface area contributed by atoms with E-state index in [0.29, 0.717) is 17.9 Å². The molecule has 1 aliphatic rings. The standard InChI is InChI=1S/C22H26FN3O3/c1-22(13-16-8-10-17(23)11-9-16)15-24(2)18(14-25(22)3)12-19-20(26(27)28)6-5-7-21(19)29-4/h5-12H,13-15H2,1-4H3. The highest BCUT2D eigenvalue weighted by atomic mass is 19.1. The van der Waals surface area contributed by atoms with Crippen LogP contribution < -0.4 is 4.74 Å². The molecule has 0 spiro atoms. The van der Waals surface area contributed by atoms with Crippen molar-refractivity contribution in [2.24, 2.45) is 0 Å². The Kier molecular flexibility index (Phi) is 5.88. The third kappa shape index (κ3) is 4.40. The normalized spacial score (nSPS) is 21.4. The van der Waals surface area contributed by atoms with Crippen LogP contribution in [-0.4, -0.2) is 54.6 Å². The van der Waals surface area contributed by atoms with Gasteiger partial charge in [0.1, 0.15) is 11.6 Å². The topological polar surface area (TPSA) is 58.9 Å². The molecule has 29 heavy (non-hydrogen) atoms. The molecule has 1 aliphatic heterocycles. The van der Waals surface area contributed by atoms with Gasteiger partial charge in [0.15, 0.2) is 0 Å². The fourth-order valence-corrected chi connectivity index (χ4v) is 3.86. The Bertz CT molecular complexity index is 929. The molecule has 0 aromatic heterocycles.